The second-order valence-electron chi connectivity index (χ2n) is 20.8. The Hall–Kier alpha value is -2.12. The van der Waals surface area contributed by atoms with E-state index in [0.717, 1.165) is 72.8 Å². The molecule has 0 bridgehead atoms. The number of cyclic esters (lactones) is 1. The number of carbonyl (C=O) groups excluding carboxylic acids is 3. The summed E-state index contributed by atoms with van der Waals surface area (Å²) in [6, 6.07) is 9.21. The van der Waals surface area contributed by atoms with Gasteiger partial charge in [-0.3, -0.25) is 9.59 Å². The minimum Gasteiger partial charge on any atom is -0.457 e. The third-order valence-electron chi connectivity index (χ3n) is 16.3. The SMILES string of the molecule is CCC(O[Si](CC)(CC)CC)C(C)[C@H]1O[C@@H]1CC(C)(/C=C/C=C(\C)[C@H]1OC(=O)C[C@H](O[Si](CC)(CC)CC)CC[C@@](C)(OC(=O)N2CCNCC2)[C@@H](OC(C)=O)/C=C/[C@@H]1C)O[Si](CC)(CC)CC. The molecule has 392 valence electrons. The zero-order valence-electron chi connectivity index (χ0n) is 45.8. The third kappa shape index (κ3) is 16.7. The van der Waals surface area contributed by atoms with Crippen molar-refractivity contribution < 1.29 is 46.6 Å². The fraction of sp³-hybridized carbons (Fsp3) is 0.830. The Balaban J connectivity index is 2.05. The highest BCUT2D eigenvalue weighted by Crippen LogP contribution is 2.43. The molecule has 68 heavy (non-hydrogen) atoms. The second-order valence-corrected chi connectivity index (χ2v) is 34.9. The normalized spacial score (nSPS) is 28.1. The van der Waals surface area contributed by atoms with Gasteiger partial charge in [-0.1, -0.05) is 107 Å². The summed E-state index contributed by atoms with van der Waals surface area (Å²) in [7, 11) is -6.05. The molecular formula is C53H98N2O10Si3. The van der Waals surface area contributed by atoms with E-state index in [9.17, 15) is 14.4 Å². The van der Waals surface area contributed by atoms with Gasteiger partial charge in [0.1, 0.15) is 6.10 Å². The molecule has 1 N–H and O–H groups in total. The Morgan fingerprint density at radius 1 is 0.897 bits per heavy atom. The quantitative estimate of drug-likeness (QED) is 0.0234. The van der Waals surface area contributed by atoms with Crippen LogP contribution in [0.4, 0.5) is 4.79 Å². The molecule has 15 heteroatoms. The Labute approximate surface area is 417 Å². The molecule has 3 aliphatic rings. The highest BCUT2D eigenvalue weighted by atomic mass is 28.4. The third-order valence-corrected chi connectivity index (χ3v) is 30.5. The van der Waals surface area contributed by atoms with Gasteiger partial charge in [-0.15, -0.1) is 0 Å². The molecule has 10 atom stereocenters. The standard InChI is InChI=1S/C53H98N2O10Si3/c1-17-45(64-67(21-5,22-6)23-7)42(13)50-46(60-50)39-52(15,65-68(24-8,25-9)26-10)32-27-28-40(11)49-41(12)29-30-47(59-43(14)56)53(16,62-51(58)55-36-34-54-35-37-55)33-31-44(38-48(57)61-49)63-66(18-2,19-3)20-4/h27-30,32,41-42,44-47,49-50,54H,17-26,31,33-39H2,1-16H3/b30-29+,32-27+,40-28+/t41-,42?,44+,45?,46+,47-,49+,50+,52?,53+/m0/s1. The largest absolute Gasteiger partial charge is 0.457 e. The Morgan fingerprint density at radius 3 is 2.00 bits per heavy atom. The molecule has 0 aromatic heterocycles. The molecule has 2 fully saturated rings. The van der Waals surface area contributed by atoms with Crippen molar-refractivity contribution in [3.63, 3.8) is 0 Å². The first-order valence-electron chi connectivity index (χ1n) is 27.0. The lowest BCUT2D eigenvalue weighted by Gasteiger charge is -2.40. The zero-order chi connectivity index (χ0) is 50.9. The van der Waals surface area contributed by atoms with E-state index >= 15 is 0 Å². The molecule has 0 aromatic carbocycles. The number of ether oxygens (including phenoxy) is 4. The summed E-state index contributed by atoms with van der Waals surface area (Å²) in [5.41, 5.74) is -0.971. The van der Waals surface area contributed by atoms with Crippen molar-refractivity contribution in [1.82, 2.24) is 10.2 Å². The van der Waals surface area contributed by atoms with Crippen molar-refractivity contribution in [2.45, 2.75) is 245 Å². The van der Waals surface area contributed by atoms with Crippen molar-refractivity contribution in [2.24, 2.45) is 11.8 Å². The van der Waals surface area contributed by atoms with Gasteiger partial charge >= 0.3 is 18.0 Å². The fourth-order valence-corrected chi connectivity index (χ4v) is 19.7. The van der Waals surface area contributed by atoms with E-state index in [1.165, 1.54) is 6.92 Å². The van der Waals surface area contributed by atoms with E-state index in [1.807, 2.05) is 39.0 Å². The Kier molecular flexibility index (Phi) is 24.5. The maximum absolute atomic E-state index is 14.2. The number of nitrogens with zero attached hydrogens (tertiary/aromatic N) is 1. The summed E-state index contributed by atoms with van der Waals surface area (Å²) in [5, 5.41) is 3.29. The van der Waals surface area contributed by atoms with Gasteiger partial charge in [0.15, 0.2) is 36.7 Å². The van der Waals surface area contributed by atoms with Crippen LogP contribution in [0.1, 0.15) is 143 Å². The molecule has 3 heterocycles. The lowest BCUT2D eigenvalue weighted by atomic mass is 9.88. The lowest BCUT2D eigenvalue weighted by molar-refractivity contribution is -0.158. The van der Waals surface area contributed by atoms with Gasteiger partial charge in [0, 0.05) is 57.5 Å². The van der Waals surface area contributed by atoms with Crippen LogP contribution >= 0.6 is 0 Å². The van der Waals surface area contributed by atoms with E-state index < -0.39 is 66.5 Å². The molecule has 0 saturated carbocycles. The van der Waals surface area contributed by atoms with Gasteiger partial charge in [-0.05, 0) is 106 Å². The van der Waals surface area contributed by atoms with Gasteiger partial charge < -0.3 is 42.4 Å². The number of allylic oxidation sites excluding steroid dienone is 2. The van der Waals surface area contributed by atoms with Crippen LogP contribution in [-0.2, 0) is 41.8 Å². The smallest absolute Gasteiger partial charge is 0.410 e. The highest BCUT2D eigenvalue weighted by molar-refractivity contribution is 6.74. The van der Waals surface area contributed by atoms with Gasteiger partial charge in [-0.25, -0.2) is 4.79 Å². The van der Waals surface area contributed by atoms with Gasteiger partial charge in [0.25, 0.3) is 0 Å². The van der Waals surface area contributed by atoms with Crippen molar-refractivity contribution in [1.29, 1.82) is 0 Å². The van der Waals surface area contributed by atoms with Crippen LogP contribution < -0.4 is 5.32 Å². The molecule has 3 unspecified atom stereocenters. The van der Waals surface area contributed by atoms with E-state index in [2.05, 4.69) is 101 Å². The predicted molar refractivity (Wildman–Crippen MR) is 283 cm³/mol. The number of nitrogens with one attached hydrogen (secondary N) is 1. The number of rotatable bonds is 25. The predicted octanol–water partition coefficient (Wildman–Crippen LogP) is 12.3. The van der Waals surface area contributed by atoms with Crippen molar-refractivity contribution in [3.05, 3.63) is 36.0 Å². The number of carbonyl (C=O) groups is 3. The zero-order valence-corrected chi connectivity index (χ0v) is 48.8. The molecule has 1 amide bonds. The second kappa shape index (κ2) is 27.6. The molecule has 0 aromatic rings. The fourth-order valence-electron chi connectivity index (χ4n) is 10.7. The summed E-state index contributed by atoms with van der Waals surface area (Å²) in [6.07, 6.45) is 10.4. The van der Waals surface area contributed by atoms with Crippen LogP contribution in [0, 0.1) is 11.8 Å². The van der Waals surface area contributed by atoms with Crippen molar-refractivity contribution in [2.75, 3.05) is 26.2 Å². The van der Waals surface area contributed by atoms with Crippen LogP contribution in [0.5, 0.6) is 0 Å². The minimum atomic E-state index is -2.20. The summed E-state index contributed by atoms with van der Waals surface area (Å²) < 4.78 is 46.9. The number of hydrogen-bond donors (Lipinski definition) is 1. The minimum absolute atomic E-state index is 0.0535. The average molecular weight is 1010 g/mol. The summed E-state index contributed by atoms with van der Waals surface area (Å²) in [5.74, 6) is -0.877. The highest BCUT2D eigenvalue weighted by Gasteiger charge is 2.51. The number of amides is 1. The molecule has 12 nitrogen and oxygen atoms in total. The first-order valence-corrected chi connectivity index (χ1v) is 34.6. The van der Waals surface area contributed by atoms with Crippen LogP contribution in [0.25, 0.3) is 0 Å². The van der Waals surface area contributed by atoms with Crippen LogP contribution in [0.15, 0.2) is 36.0 Å². The summed E-state index contributed by atoms with van der Waals surface area (Å²) in [6.45, 7) is 36.5. The van der Waals surface area contributed by atoms with E-state index in [-0.39, 0.29) is 42.5 Å². The topological polar surface area (TPSA) is 134 Å². The van der Waals surface area contributed by atoms with Crippen molar-refractivity contribution in [3.8, 4) is 0 Å². The molecule has 0 radical (unpaired) electrons. The van der Waals surface area contributed by atoms with Gasteiger partial charge in [0.2, 0.25) is 0 Å². The molecule has 0 spiro atoms. The number of epoxide rings is 1. The van der Waals surface area contributed by atoms with Crippen LogP contribution in [-0.4, -0.2) is 122 Å². The van der Waals surface area contributed by atoms with Gasteiger partial charge in [0.05, 0.1) is 30.3 Å². The van der Waals surface area contributed by atoms with Crippen LogP contribution in [0.3, 0.4) is 0 Å². The molecule has 0 aliphatic carbocycles. The van der Waals surface area contributed by atoms with E-state index in [1.54, 1.807) is 4.90 Å². The van der Waals surface area contributed by atoms with Crippen molar-refractivity contribution >= 4 is 43.0 Å². The molecule has 2 saturated heterocycles. The Morgan fingerprint density at radius 2 is 1.47 bits per heavy atom. The van der Waals surface area contributed by atoms with E-state index in [0.29, 0.717) is 39.0 Å². The lowest BCUT2D eigenvalue weighted by Crippen LogP contribution is -2.52. The Bertz CT molecular complexity index is 1640. The molecule has 3 rings (SSSR count). The molecule has 3 aliphatic heterocycles. The number of piperazine rings is 1. The average Bonchev–Trinajstić information content (AvgIpc) is 4.10. The maximum Gasteiger partial charge on any atom is 0.410 e. The molecular weight excluding hydrogens is 909 g/mol. The van der Waals surface area contributed by atoms with Gasteiger partial charge in [-0.2, -0.15) is 0 Å². The first kappa shape index (κ1) is 60.2. The maximum atomic E-state index is 14.2. The summed E-state index contributed by atoms with van der Waals surface area (Å²) >= 11 is 0. The number of hydrogen-bond acceptors (Lipinski definition) is 11. The van der Waals surface area contributed by atoms with Crippen LogP contribution in [0.2, 0.25) is 54.4 Å². The monoisotopic (exact) mass is 1010 g/mol. The first-order chi connectivity index (χ1) is 32.2. The number of esters is 2. The van der Waals surface area contributed by atoms with E-state index in [4.69, 9.17) is 32.2 Å². The summed E-state index contributed by atoms with van der Waals surface area (Å²) in [4.78, 5) is 42.5.